The van der Waals surface area contributed by atoms with Crippen molar-refractivity contribution in [1.82, 2.24) is 5.32 Å². The highest BCUT2D eigenvalue weighted by molar-refractivity contribution is 5.97. The van der Waals surface area contributed by atoms with E-state index in [9.17, 15) is 18.0 Å². The molecule has 0 saturated carbocycles. The Hall–Kier alpha value is -1.72. The third-order valence-corrected chi connectivity index (χ3v) is 2.44. The summed E-state index contributed by atoms with van der Waals surface area (Å²) in [6.45, 7) is 4.17. The molecule has 1 N–H and O–H groups in total. The maximum absolute atomic E-state index is 12.6. The van der Waals surface area contributed by atoms with E-state index in [4.69, 9.17) is 4.74 Å². The SMILES string of the molecule is COc1ccc(C(F)(F)F)cc1C(=O)NCC(C)C. The summed E-state index contributed by atoms with van der Waals surface area (Å²) in [5, 5.41) is 2.57. The van der Waals surface area contributed by atoms with Crippen LogP contribution in [0.3, 0.4) is 0 Å². The van der Waals surface area contributed by atoms with Crippen LogP contribution in [0.25, 0.3) is 0 Å². The summed E-state index contributed by atoms with van der Waals surface area (Å²) in [4.78, 5) is 11.8. The average molecular weight is 275 g/mol. The molecule has 0 bridgehead atoms. The quantitative estimate of drug-likeness (QED) is 0.917. The lowest BCUT2D eigenvalue weighted by molar-refractivity contribution is -0.137. The fourth-order valence-corrected chi connectivity index (χ4v) is 1.45. The molecule has 1 aromatic carbocycles. The minimum atomic E-state index is -4.49. The maximum atomic E-state index is 12.6. The molecule has 0 fully saturated rings. The van der Waals surface area contributed by atoms with Gasteiger partial charge in [0.25, 0.3) is 5.91 Å². The Morgan fingerprint density at radius 3 is 2.47 bits per heavy atom. The number of ether oxygens (including phenoxy) is 1. The highest BCUT2D eigenvalue weighted by Crippen LogP contribution is 2.32. The number of carbonyl (C=O) groups is 1. The van der Waals surface area contributed by atoms with Gasteiger partial charge >= 0.3 is 6.18 Å². The third kappa shape index (κ3) is 4.15. The van der Waals surface area contributed by atoms with Gasteiger partial charge in [-0.05, 0) is 24.1 Å². The second-order valence-corrected chi connectivity index (χ2v) is 4.52. The van der Waals surface area contributed by atoms with E-state index in [1.807, 2.05) is 13.8 Å². The lowest BCUT2D eigenvalue weighted by atomic mass is 10.1. The molecule has 1 aromatic rings. The third-order valence-electron chi connectivity index (χ3n) is 2.44. The Labute approximate surface area is 109 Å². The van der Waals surface area contributed by atoms with Crippen molar-refractivity contribution in [1.29, 1.82) is 0 Å². The maximum Gasteiger partial charge on any atom is 0.416 e. The van der Waals surface area contributed by atoms with Crippen LogP contribution in [-0.2, 0) is 6.18 Å². The summed E-state index contributed by atoms with van der Waals surface area (Å²) < 4.78 is 42.7. The summed E-state index contributed by atoms with van der Waals surface area (Å²) in [6, 6.07) is 2.83. The number of benzene rings is 1. The van der Waals surface area contributed by atoms with Crippen LogP contribution in [0.5, 0.6) is 5.75 Å². The number of hydrogen-bond donors (Lipinski definition) is 1. The van der Waals surface area contributed by atoms with E-state index in [0.717, 1.165) is 18.2 Å². The van der Waals surface area contributed by atoms with Gasteiger partial charge in [-0.1, -0.05) is 13.8 Å². The monoisotopic (exact) mass is 275 g/mol. The predicted octanol–water partition coefficient (Wildman–Crippen LogP) is 3.10. The number of halogens is 3. The summed E-state index contributed by atoms with van der Waals surface area (Å²) >= 11 is 0. The van der Waals surface area contributed by atoms with Crippen molar-refractivity contribution < 1.29 is 22.7 Å². The van der Waals surface area contributed by atoms with E-state index in [2.05, 4.69) is 5.32 Å². The molecule has 0 heterocycles. The second-order valence-electron chi connectivity index (χ2n) is 4.52. The average Bonchev–Trinajstić information content (AvgIpc) is 2.33. The van der Waals surface area contributed by atoms with Crippen molar-refractivity contribution in [3.8, 4) is 5.75 Å². The number of alkyl halides is 3. The minimum absolute atomic E-state index is 0.113. The zero-order chi connectivity index (χ0) is 14.6. The molecule has 0 radical (unpaired) electrons. The van der Waals surface area contributed by atoms with Gasteiger partial charge in [0.1, 0.15) is 5.75 Å². The molecule has 0 atom stereocenters. The Morgan fingerprint density at radius 1 is 1.37 bits per heavy atom. The predicted molar refractivity (Wildman–Crippen MR) is 65.2 cm³/mol. The van der Waals surface area contributed by atoms with E-state index in [-0.39, 0.29) is 17.2 Å². The molecule has 6 heteroatoms. The van der Waals surface area contributed by atoms with Crippen LogP contribution >= 0.6 is 0 Å². The molecule has 0 aliphatic rings. The standard InChI is InChI=1S/C13H16F3NO2/c1-8(2)7-17-12(18)10-6-9(13(14,15)16)4-5-11(10)19-3/h4-6,8H,7H2,1-3H3,(H,17,18). The van der Waals surface area contributed by atoms with E-state index in [1.165, 1.54) is 7.11 Å². The van der Waals surface area contributed by atoms with Crippen LogP contribution < -0.4 is 10.1 Å². The van der Waals surface area contributed by atoms with Crippen LogP contribution in [0.2, 0.25) is 0 Å². The van der Waals surface area contributed by atoms with Crippen molar-refractivity contribution in [2.75, 3.05) is 13.7 Å². The van der Waals surface area contributed by atoms with Gasteiger partial charge in [0.05, 0.1) is 18.2 Å². The lowest BCUT2D eigenvalue weighted by Gasteiger charge is -2.13. The zero-order valence-electron chi connectivity index (χ0n) is 11.0. The van der Waals surface area contributed by atoms with Crippen LogP contribution in [0.4, 0.5) is 13.2 Å². The molecule has 0 aliphatic heterocycles. The Bertz CT molecular complexity index is 456. The first-order valence-corrected chi connectivity index (χ1v) is 5.79. The molecule has 19 heavy (non-hydrogen) atoms. The molecule has 0 aliphatic carbocycles. The van der Waals surface area contributed by atoms with E-state index in [1.54, 1.807) is 0 Å². The van der Waals surface area contributed by atoms with E-state index in [0.29, 0.717) is 6.54 Å². The Kier molecular flexibility index (Phi) is 4.80. The molecular formula is C13H16F3NO2. The molecule has 3 nitrogen and oxygen atoms in total. The van der Waals surface area contributed by atoms with E-state index < -0.39 is 17.6 Å². The zero-order valence-corrected chi connectivity index (χ0v) is 11.0. The fraction of sp³-hybridized carbons (Fsp3) is 0.462. The summed E-state index contributed by atoms with van der Waals surface area (Å²) in [6.07, 6.45) is -4.49. The number of rotatable bonds is 4. The van der Waals surface area contributed by atoms with Crippen molar-refractivity contribution in [3.63, 3.8) is 0 Å². The largest absolute Gasteiger partial charge is 0.496 e. The second kappa shape index (κ2) is 5.95. The van der Waals surface area contributed by atoms with Crippen LogP contribution in [0.15, 0.2) is 18.2 Å². The number of nitrogens with one attached hydrogen (secondary N) is 1. The molecule has 1 rings (SSSR count). The van der Waals surface area contributed by atoms with Gasteiger partial charge in [0, 0.05) is 6.54 Å². The molecular weight excluding hydrogens is 259 g/mol. The Morgan fingerprint density at radius 2 is 2.00 bits per heavy atom. The van der Waals surface area contributed by atoms with Gasteiger partial charge in [-0.2, -0.15) is 13.2 Å². The number of amides is 1. The van der Waals surface area contributed by atoms with Gasteiger partial charge in [0.15, 0.2) is 0 Å². The molecule has 0 spiro atoms. The Balaban J connectivity index is 3.05. The molecule has 0 aromatic heterocycles. The summed E-state index contributed by atoms with van der Waals surface area (Å²) in [7, 11) is 1.31. The molecule has 0 unspecified atom stereocenters. The van der Waals surface area contributed by atoms with E-state index >= 15 is 0 Å². The number of carbonyl (C=O) groups excluding carboxylic acids is 1. The first kappa shape index (κ1) is 15.3. The van der Waals surface area contributed by atoms with Gasteiger partial charge in [-0.25, -0.2) is 0 Å². The number of hydrogen-bond acceptors (Lipinski definition) is 2. The topological polar surface area (TPSA) is 38.3 Å². The van der Waals surface area contributed by atoms with Gasteiger partial charge in [0.2, 0.25) is 0 Å². The lowest BCUT2D eigenvalue weighted by Crippen LogP contribution is -2.28. The molecule has 1 amide bonds. The van der Waals surface area contributed by atoms with Crippen LogP contribution in [0, 0.1) is 5.92 Å². The fourth-order valence-electron chi connectivity index (χ4n) is 1.45. The summed E-state index contributed by atoms with van der Waals surface area (Å²) in [5.74, 6) is -0.244. The van der Waals surface area contributed by atoms with Crippen molar-refractivity contribution in [2.24, 2.45) is 5.92 Å². The van der Waals surface area contributed by atoms with Crippen molar-refractivity contribution >= 4 is 5.91 Å². The van der Waals surface area contributed by atoms with Crippen LogP contribution in [-0.4, -0.2) is 19.6 Å². The first-order chi connectivity index (χ1) is 8.75. The van der Waals surface area contributed by atoms with Crippen molar-refractivity contribution in [3.05, 3.63) is 29.3 Å². The normalized spacial score (nSPS) is 11.5. The van der Waals surface area contributed by atoms with Gasteiger partial charge in [-0.3, -0.25) is 4.79 Å². The van der Waals surface area contributed by atoms with Crippen molar-refractivity contribution in [2.45, 2.75) is 20.0 Å². The first-order valence-electron chi connectivity index (χ1n) is 5.79. The highest BCUT2D eigenvalue weighted by Gasteiger charge is 2.32. The smallest absolute Gasteiger partial charge is 0.416 e. The highest BCUT2D eigenvalue weighted by atomic mass is 19.4. The van der Waals surface area contributed by atoms with Gasteiger partial charge < -0.3 is 10.1 Å². The number of methoxy groups -OCH3 is 1. The van der Waals surface area contributed by atoms with Gasteiger partial charge in [-0.15, -0.1) is 0 Å². The molecule has 0 saturated heterocycles. The summed E-state index contributed by atoms with van der Waals surface area (Å²) in [5.41, 5.74) is -0.985. The minimum Gasteiger partial charge on any atom is -0.496 e. The molecule has 106 valence electrons. The van der Waals surface area contributed by atoms with Crippen LogP contribution in [0.1, 0.15) is 29.8 Å².